The lowest BCUT2D eigenvalue weighted by Crippen LogP contribution is -2.26. The van der Waals surface area contributed by atoms with Crippen LogP contribution < -0.4 is 10.6 Å². The predicted octanol–water partition coefficient (Wildman–Crippen LogP) is 2.52. The number of benzene rings is 2. The highest BCUT2D eigenvalue weighted by Crippen LogP contribution is 2.26. The fraction of sp³-hybridized carbons (Fsp3) is 0.222. The fourth-order valence-electron chi connectivity index (χ4n) is 2.28. The fourth-order valence-corrected chi connectivity index (χ4v) is 3.76. The lowest BCUT2D eigenvalue weighted by Gasteiger charge is -2.16. The summed E-state index contributed by atoms with van der Waals surface area (Å²) in [5, 5.41) is 5.26. The van der Waals surface area contributed by atoms with Crippen LogP contribution in [0.2, 0.25) is 5.02 Å². The smallest absolute Gasteiger partial charge is 0.266 e. The number of hydroxylamine groups is 1. The SMILES string of the molecule is CCNC(=O)c1cccc(NC(=O)c2ccc(Cl)c(S(=O)(=O)N(C)OC)c2)c1. The molecule has 0 aliphatic rings. The van der Waals surface area contributed by atoms with Gasteiger partial charge in [0.15, 0.2) is 0 Å². The lowest BCUT2D eigenvalue weighted by atomic mass is 10.1. The van der Waals surface area contributed by atoms with Crippen LogP contribution in [-0.4, -0.2) is 45.4 Å². The first-order valence-corrected chi connectivity index (χ1v) is 10.0. The van der Waals surface area contributed by atoms with Crippen LogP contribution in [0.1, 0.15) is 27.6 Å². The third kappa shape index (κ3) is 4.87. The van der Waals surface area contributed by atoms with E-state index >= 15 is 0 Å². The highest BCUT2D eigenvalue weighted by Gasteiger charge is 2.25. The maximum atomic E-state index is 12.6. The van der Waals surface area contributed by atoms with Crippen molar-refractivity contribution in [1.29, 1.82) is 0 Å². The van der Waals surface area contributed by atoms with Crippen LogP contribution in [-0.2, 0) is 14.9 Å². The maximum absolute atomic E-state index is 12.6. The second kappa shape index (κ2) is 9.16. The van der Waals surface area contributed by atoms with Crippen LogP contribution in [0.5, 0.6) is 0 Å². The second-order valence-corrected chi connectivity index (χ2v) is 7.95. The number of sulfonamides is 1. The molecule has 0 aliphatic heterocycles. The number of carbonyl (C=O) groups is 2. The van der Waals surface area contributed by atoms with E-state index in [1.165, 1.54) is 32.4 Å². The Hall–Kier alpha value is -2.46. The van der Waals surface area contributed by atoms with Gasteiger partial charge >= 0.3 is 0 Å². The molecule has 10 heteroatoms. The molecule has 2 aromatic rings. The van der Waals surface area contributed by atoms with Crippen molar-refractivity contribution in [3.8, 4) is 0 Å². The third-order valence-electron chi connectivity index (χ3n) is 3.79. The molecule has 0 aromatic heterocycles. The van der Waals surface area contributed by atoms with E-state index in [4.69, 9.17) is 16.4 Å². The lowest BCUT2D eigenvalue weighted by molar-refractivity contribution is -0.0258. The van der Waals surface area contributed by atoms with Gasteiger partial charge in [0.2, 0.25) is 0 Å². The van der Waals surface area contributed by atoms with E-state index < -0.39 is 15.9 Å². The van der Waals surface area contributed by atoms with E-state index in [1.54, 1.807) is 25.1 Å². The zero-order chi connectivity index (χ0) is 20.9. The van der Waals surface area contributed by atoms with Crippen molar-refractivity contribution in [1.82, 2.24) is 9.79 Å². The zero-order valence-corrected chi connectivity index (χ0v) is 17.1. The highest BCUT2D eigenvalue weighted by molar-refractivity contribution is 7.89. The summed E-state index contributed by atoms with van der Waals surface area (Å²) in [6, 6.07) is 10.3. The van der Waals surface area contributed by atoms with Gasteiger partial charge in [-0.05, 0) is 43.3 Å². The highest BCUT2D eigenvalue weighted by atomic mass is 35.5. The van der Waals surface area contributed by atoms with Gasteiger partial charge in [0.1, 0.15) is 4.90 Å². The van der Waals surface area contributed by atoms with Gasteiger partial charge in [-0.15, -0.1) is 0 Å². The van der Waals surface area contributed by atoms with Crippen LogP contribution in [0, 0.1) is 0 Å². The Morgan fingerprint density at radius 3 is 2.43 bits per heavy atom. The average Bonchev–Trinajstić information content (AvgIpc) is 2.67. The van der Waals surface area contributed by atoms with Crippen molar-refractivity contribution < 1.29 is 22.8 Å². The van der Waals surface area contributed by atoms with Gasteiger partial charge in [0.05, 0.1) is 12.1 Å². The van der Waals surface area contributed by atoms with E-state index in [1.807, 2.05) is 0 Å². The van der Waals surface area contributed by atoms with Crippen molar-refractivity contribution in [2.24, 2.45) is 0 Å². The number of nitrogens with one attached hydrogen (secondary N) is 2. The summed E-state index contributed by atoms with van der Waals surface area (Å²) in [4.78, 5) is 28.9. The van der Waals surface area contributed by atoms with Crippen LogP contribution in [0.3, 0.4) is 0 Å². The Morgan fingerprint density at radius 2 is 1.79 bits per heavy atom. The second-order valence-electron chi connectivity index (χ2n) is 5.64. The molecule has 0 unspecified atom stereocenters. The average molecular weight is 426 g/mol. The molecule has 0 saturated carbocycles. The van der Waals surface area contributed by atoms with Crippen molar-refractivity contribution >= 4 is 39.1 Å². The number of carbonyl (C=O) groups excluding carboxylic acids is 2. The Balaban J connectivity index is 2.30. The molecule has 0 bridgehead atoms. The number of rotatable bonds is 7. The first kappa shape index (κ1) is 21.8. The molecular weight excluding hydrogens is 406 g/mol. The molecule has 2 aromatic carbocycles. The zero-order valence-electron chi connectivity index (χ0n) is 15.5. The summed E-state index contributed by atoms with van der Waals surface area (Å²) < 4.78 is 25.5. The first-order valence-electron chi connectivity index (χ1n) is 8.23. The number of hydrogen-bond donors (Lipinski definition) is 2. The largest absolute Gasteiger partial charge is 0.352 e. The van der Waals surface area contributed by atoms with Crippen molar-refractivity contribution in [3.63, 3.8) is 0 Å². The number of anilines is 1. The Bertz CT molecular complexity index is 994. The minimum absolute atomic E-state index is 0.0429. The molecule has 0 heterocycles. The standard InChI is InChI=1S/C18H20ClN3O5S/c1-4-20-17(23)12-6-5-7-14(10-12)21-18(24)13-8-9-15(19)16(11-13)28(25,26)22(2)27-3/h5-11H,4H2,1-3H3,(H,20,23)(H,21,24). The van der Waals surface area contributed by atoms with Crippen LogP contribution >= 0.6 is 11.6 Å². The number of amides is 2. The molecule has 2 N–H and O–H groups in total. The van der Waals surface area contributed by atoms with Gasteiger partial charge in [-0.2, -0.15) is 0 Å². The number of hydrogen-bond acceptors (Lipinski definition) is 5. The minimum Gasteiger partial charge on any atom is -0.352 e. The van der Waals surface area contributed by atoms with Gasteiger partial charge in [-0.3, -0.25) is 14.4 Å². The van der Waals surface area contributed by atoms with Crippen LogP contribution in [0.25, 0.3) is 0 Å². The van der Waals surface area contributed by atoms with Gasteiger partial charge < -0.3 is 10.6 Å². The summed E-state index contributed by atoms with van der Waals surface area (Å²) in [5.41, 5.74) is 0.860. The Labute approximate surface area is 168 Å². The Morgan fingerprint density at radius 1 is 1.11 bits per heavy atom. The normalized spacial score (nSPS) is 11.3. The molecule has 0 aliphatic carbocycles. The molecule has 2 amide bonds. The maximum Gasteiger partial charge on any atom is 0.266 e. The molecule has 0 saturated heterocycles. The van der Waals surface area contributed by atoms with Gasteiger partial charge in [-0.1, -0.05) is 22.1 Å². The monoisotopic (exact) mass is 425 g/mol. The van der Waals surface area contributed by atoms with E-state index in [-0.39, 0.29) is 21.4 Å². The van der Waals surface area contributed by atoms with Crippen LogP contribution in [0.4, 0.5) is 5.69 Å². The molecule has 28 heavy (non-hydrogen) atoms. The molecule has 0 radical (unpaired) electrons. The van der Waals surface area contributed by atoms with Gasteiger partial charge in [0, 0.05) is 30.4 Å². The molecule has 0 spiro atoms. The Kier molecular flexibility index (Phi) is 7.14. The van der Waals surface area contributed by atoms with Crippen molar-refractivity contribution in [2.75, 3.05) is 26.0 Å². The van der Waals surface area contributed by atoms with Crippen molar-refractivity contribution in [3.05, 3.63) is 58.6 Å². The van der Waals surface area contributed by atoms with Crippen molar-refractivity contribution in [2.45, 2.75) is 11.8 Å². The molecule has 0 atom stereocenters. The third-order valence-corrected chi connectivity index (χ3v) is 5.95. The quantitative estimate of drug-likeness (QED) is 0.663. The van der Waals surface area contributed by atoms with Crippen LogP contribution in [0.15, 0.2) is 47.4 Å². The van der Waals surface area contributed by atoms with E-state index in [2.05, 4.69) is 10.6 Å². The molecular formula is C18H20ClN3O5S. The summed E-state index contributed by atoms with van der Waals surface area (Å²) in [7, 11) is -1.61. The number of halogens is 1. The molecule has 2 rings (SSSR count). The topological polar surface area (TPSA) is 105 Å². The molecule has 150 valence electrons. The minimum atomic E-state index is -4.03. The predicted molar refractivity (Wildman–Crippen MR) is 106 cm³/mol. The summed E-state index contributed by atoms with van der Waals surface area (Å²) in [5.74, 6) is -0.817. The first-order chi connectivity index (χ1) is 13.2. The summed E-state index contributed by atoms with van der Waals surface area (Å²) >= 11 is 5.99. The van der Waals surface area contributed by atoms with E-state index in [0.29, 0.717) is 22.3 Å². The number of nitrogens with zero attached hydrogens (tertiary/aromatic N) is 1. The summed E-state index contributed by atoms with van der Waals surface area (Å²) in [6.07, 6.45) is 0. The van der Waals surface area contributed by atoms with Gasteiger partial charge in [0.25, 0.3) is 21.8 Å². The summed E-state index contributed by atoms with van der Waals surface area (Å²) in [6.45, 7) is 2.28. The molecule has 0 fully saturated rings. The van der Waals surface area contributed by atoms with E-state index in [0.717, 1.165) is 6.07 Å². The van der Waals surface area contributed by atoms with E-state index in [9.17, 15) is 18.0 Å². The van der Waals surface area contributed by atoms with Gasteiger partial charge in [-0.25, -0.2) is 8.42 Å². The molecule has 8 nitrogen and oxygen atoms in total.